The van der Waals surface area contributed by atoms with Gasteiger partial charge in [0.1, 0.15) is 0 Å². The van der Waals surface area contributed by atoms with Crippen LogP contribution in [0.25, 0.3) is 11.0 Å². The van der Waals surface area contributed by atoms with Crippen LogP contribution >= 0.6 is 0 Å². The van der Waals surface area contributed by atoms with E-state index in [9.17, 15) is 19.2 Å². The SMILES string of the molecule is CCn1c(=O)c(=O)[nH]c2cc(C(=O)NC(C)c3cccc(NC(=O)c4ccccc4)c3)ccc21. The normalized spacial score (nSPS) is 11.7. The van der Waals surface area contributed by atoms with Gasteiger partial charge in [-0.3, -0.25) is 19.2 Å². The maximum atomic E-state index is 12.9. The molecule has 1 atom stereocenters. The van der Waals surface area contributed by atoms with E-state index in [1.54, 1.807) is 55.5 Å². The van der Waals surface area contributed by atoms with Crippen LogP contribution in [0.4, 0.5) is 5.69 Å². The van der Waals surface area contributed by atoms with Crippen molar-refractivity contribution >= 4 is 28.5 Å². The monoisotopic (exact) mass is 456 g/mol. The molecular formula is C26H24N4O4. The van der Waals surface area contributed by atoms with E-state index >= 15 is 0 Å². The number of anilines is 1. The second-order valence-electron chi connectivity index (χ2n) is 7.88. The fourth-order valence-electron chi connectivity index (χ4n) is 3.78. The minimum Gasteiger partial charge on any atom is -0.346 e. The number of aromatic amines is 1. The summed E-state index contributed by atoms with van der Waals surface area (Å²) in [6.07, 6.45) is 0. The lowest BCUT2D eigenvalue weighted by molar-refractivity contribution is 0.0939. The second kappa shape index (κ2) is 9.58. The number of fused-ring (bicyclic) bond motifs is 1. The van der Waals surface area contributed by atoms with Gasteiger partial charge in [0.05, 0.1) is 17.1 Å². The van der Waals surface area contributed by atoms with E-state index in [4.69, 9.17) is 0 Å². The van der Waals surface area contributed by atoms with Crippen molar-refractivity contribution in [2.24, 2.45) is 0 Å². The van der Waals surface area contributed by atoms with Crippen molar-refractivity contribution in [3.05, 3.63) is 110 Å². The maximum Gasteiger partial charge on any atom is 0.316 e. The van der Waals surface area contributed by atoms with Crippen molar-refractivity contribution in [1.82, 2.24) is 14.9 Å². The molecule has 0 fully saturated rings. The van der Waals surface area contributed by atoms with Crippen molar-refractivity contribution in [3.63, 3.8) is 0 Å². The number of amides is 2. The van der Waals surface area contributed by atoms with Gasteiger partial charge in [-0.05, 0) is 61.9 Å². The van der Waals surface area contributed by atoms with Crippen LogP contribution in [0, 0.1) is 0 Å². The molecule has 0 aliphatic heterocycles. The van der Waals surface area contributed by atoms with Gasteiger partial charge in [0.2, 0.25) is 0 Å². The predicted molar refractivity (Wildman–Crippen MR) is 131 cm³/mol. The molecule has 172 valence electrons. The molecule has 0 aliphatic rings. The third-order valence-electron chi connectivity index (χ3n) is 5.58. The lowest BCUT2D eigenvalue weighted by Crippen LogP contribution is -2.36. The quantitative estimate of drug-likeness (QED) is 0.386. The van der Waals surface area contributed by atoms with Gasteiger partial charge >= 0.3 is 11.1 Å². The second-order valence-corrected chi connectivity index (χ2v) is 7.88. The number of nitrogens with zero attached hydrogens (tertiary/aromatic N) is 1. The van der Waals surface area contributed by atoms with E-state index in [0.29, 0.717) is 34.4 Å². The van der Waals surface area contributed by atoms with Crippen LogP contribution in [0.2, 0.25) is 0 Å². The molecule has 1 heterocycles. The zero-order valence-electron chi connectivity index (χ0n) is 18.8. The molecular weight excluding hydrogens is 432 g/mol. The fraction of sp³-hybridized carbons (Fsp3) is 0.154. The van der Waals surface area contributed by atoms with Gasteiger partial charge in [-0.25, -0.2) is 0 Å². The predicted octanol–water partition coefficient (Wildman–Crippen LogP) is 3.45. The summed E-state index contributed by atoms with van der Waals surface area (Å²) in [6, 6.07) is 20.6. The minimum absolute atomic E-state index is 0.217. The summed E-state index contributed by atoms with van der Waals surface area (Å²) in [5.74, 6) is -0.548. The molecule has 8 heteroatoms. The van der Waals surface area contributed by atoms with Crippen LogP contribution in [-0.4, -0.2) is 21.4 Å². The van der Waals surface area contributed by atoms with Gasteiger partial charge in [0, 0.05) is 23.4 Å². The molecule has 3 N–H and O–H groups in total. The van der Waals surface area contributed by atoms with Gasteiger partial charge in [-0.15, -0.1) is 0 Å². The van der Waals surface area contributed by atoms with Crippen molar-refractivity contribution in [3.8, 4) is 0 Å². The topological polar surface area (TPSA) is 113 Å². The molecule has 1 aromatic heterocycles. The lowest BCUT2D eigenvalue weighted by Gasteiger charge is -2.16. The molecule has 1 unspecified atom stereocenters. The number of H-pyrrole nitrogens is 1. The Bertz CT molecular complexity index is 1490. The Kier molecular flexibility index (Phi) is 6.40. The van der Waals surface area contributed by atoms with E-state index in [1.165, 1.54) is 4.57 Å². The van der Waals surface area contributed by atoms with Gasteiger partial charge < -0.3 is 20.2 Å². The number of benzene rings is 3. The first-order chi connectivity index (χ1) is 16.4. The molecule has 0 bridgehead atoms. The van der Waals surface area contributed by atoms with Crippen LogP contribution in [0.1, 0.15) is 46.2 Å². The molecule has 2 amide bonds. The van der Waals surface area contributed by atoms with E-state index in [2.05, 4.69) is 15.6 Å². The standard InChI is InChI=1S/C26H24N4O4/c1-3-30-22-13-12-19(15-21(22)29-25(33)26(30)34)24(32)27-16(2)18-10-7-11-20(14-18)28-23(31)17-8-5-4-6-9-17/h4-16H,3H2,1-2H3,(H,27,32)(H,28,31)(H,29,33). The molecule has 0 aliphatic carbocycles. The number of aromatic nitrogens is 2. The van der Waals surface area contributed by atoms with Crippen molar-refractivity contribution in [1.29, 1.82) is 0 Å². The molecule has 0 radical (unpaired) electrons. The highest BCUT2D eigenvalue weighted by Crippen LogP contribution is 2.19. The number of hydrogen-bond acceptors (Lipinski definition) is 4. The van der Waals surface area contributed by atoms with Crippen molar-refractivity contribution in [2.75, 3.05) is 5.32 Å². The number of aryl methyl sites for hydroxylation is 1. The molecule has 34 heavy (non-hydrogen) atoms. The van der Waals surface area contributed by atoms with Crippen LogP contribution in [0.15, 0.2) is 82.4 Å². The van der Waals surface area contributed by atoms with Crippen molar-refractivity contribution in [2.45, 2.75) is 26.4 Å². The Morgan fingerprint density at radius 3 is 2.41 bits per heavy atom. The average molecular weight is 457 g/mol. The van der Waals surface area contributed by atoms with Gasteiger partial charge in [-0.2, -0.15) is 0 Å². The smallest absolute Gasteiger partial charge is 0.316 e. The molecule has 3 aromatic carbocycles. The summed E-state index contributed by atoms with van der Waals surface area (Å²) in [6.45, 7) is 3.96. The molecule has 0 spiro atoms. The fourth-order valence-corrected chi connectivity index (χ4v) is 3.78. The van der Waals surface area contributed by atoms with Gasteiger partial charge in [0.25, 0.3) is 11.8 Å². The van der Waals surface area contributed by atoms with Crippen LogP contribution in [-0.2, 0) is 6.54 Å². The third-order valence-corrected chi connectivity index (χ3v) is 5.58. The van der Waals surface area contributed by atoms with Gasteiger partial charge in [0.15, 0.2) is 0 Å². The number of nitrogens with one attached hydrogen (secondary N) is 3. The lowest BCUT2D eigenvalue weighted by atomic mass is 10.1. The van der Waals surface area contributed by atoms with Crippen LogP contribution in [0.5, 0.6) is 0 Å². The highest BCUT2D eigenvalue weighted by molar-refractivity contribution is 6.04. The molecule has 0 saturated heterocycles. The van der Waals surface area contributed by atoms with Crippen LogP contribution in [0.3, 0.4) is 0 Å². The molecule has 4 aromatic rings. The summed E-state index contributed by atoms with van der Waals surface area (Å²) in [4.78, 5) is 51.8. The summed E-state index contributed by atoms with van der Waals surface area (Å²) < 4.78 is 1.37. The van der Waals surface area contributed by atoms with E-state index in [0.717, 1.165) is 5.56 Å². The van der Waals surface area contributed by atoms with Gasteiger partial charge in [-0.1, -0.05) is 30.3 Å². The molecule has 4 rings (SSSR count). The third kappa shape index (κ3) is 4.66. The van der Waals surface area contributed by atoms with Crippen molar-refractivity contribution < 1.29 is 9.59 Å². The summed E-state index contributed by atoms with van der Waals surface area (Å²) in [5, 5.41) is 5.80. The Morgan fingerprint density at radius 2 is 1.68 bits per heavy atom. The van der Waals surface area contributed by atoms with E-state index in [1.807, 2.05) is 31.2 Å². The number of carbonyl (C=O) groups excluding carboxylic acids is 2. The minimum atomic E-state index is -0.727. The average Bonchev–Trinajstić information content (AvgIpc) is 2.85. The Morgan fingerprint density at radius 1 is 0.912 bits per heavy atom. The van der Waals surface area contributed by atoms with E-state index in [-0.39, 0.29) is 17.9 Å². The zero-order valence-corrected chi connectivity index (χ0v) is 18.8. The Balaban J connectivity index is 1.51. The molecule has 8 nitrogen and oxygen atoms in total. The Hall–Kier alpha value is -4.46. The first-order valence-corrected chi connectivity index (χ1v) is 10.9. The first kappa shape index (κ1) is 22.7. The number of carbonyl (C=O) groups is 2. The largest absolute Gasteiger partial charge is 0.346 e. The van der Waals surface area contributed by atoms with Crippen LogP contribution < -0.4 is 21.8 Å². The zero-order chi connectivity index (χ0) is 24.2. The summed E-state index contributed by atoms with van der Waals surface area (Å²) in [5.41, 5.74) is 1.95. The highest BCUT2D eigenvalue weighted by Gasteiger charge is 2.15. The Labute approximate surface area is 195 Å². The maximum absolute atomic E-state index is 12.9. The highest BCUT2D eigenvalue weighted by atomic mass is 16.2. The van der Waals surface area contributed by atoms with E-state index < -0.39 is 11.1 Å². The summed E-state index contributed by atoms with van der Waals surface area (Å²) in [7, 11) is 0. The summed E-state index contributed by atoms with van der Waals surface area (Å²) >= 11 is 0. The molecule has 0 saturated carbocycles. The first-order valence-electron chi connectivity index (χ1n) is 10.9. The number of rotatable bonds is 6. The number of hydrogen-bond donors (Lipinski definition) is 3.